The molecule has 1 rings (SSSR count). The van der Waals surface area contributed by atoms with Crippen molar-refractivity contribution in [1.82, 2.24) is 4.98 Å². The van der Waals surface area contributed by atoms with Gasteiger partial charge in [-0.15, -0.1) is 0 Å². The summed E-state index contributed by atoms with van der Waals surface area (Å²) in [5.74, 6) is 0. The highest BCUT2D eigenvalue weighted by Crippen LogP contribution is 2.20. The molecule has 0 aromatic carbocycles. The van der Waals surface area contributed by atoms with Crippen molar-refractivity contribution in [3.05, 3.63) is 33.6 Å². The van der Waals surface area contributed by atoms with Gasteiger partial charge in [0, 0.05) is 11.8 Å². The number of nitrogens with zero attached hydrogens (tertiary/aromatic N) is 3. The molecule has 0 amide bonds. The summed E-state index contributed by atoms with van der Waals surface area (Å²) >= 11 is 0. The summed E-state index contributed by atoms with van der Waals surface area (Å²) in [5, 5.41) is 18.9. The van der Waals surface area contributed by atoms with Crippen LogP contribution in [0.4, 0.5) is 5.69 Å². The molecule has 0 unspecified atom stereocenters. The lowest BCUT2D eigenvalue weighted by molar-refractivity contribution is -0.385. The van der Waals surface area contributed by atoms with E-state index in [4.69, 9.17) is 5.26 Å². The Morgan fingerprint density at radius 2 is 2.33 bits per heavy atom. The number of pyridine rings is 1. The maximum Gasteiger partial charge on any atom is 0.293 e. The zero-order valence-electron chi connectivity index (χ0n) is 6.31. The summed E-state index contributed by atoms with van der Waals surface area (Å²) in [4.78, 5) is 13.5. The molecule has 0 spiro atoms. The number of nitriles is 1. The molecule has 1 heterocycles. The fraction of sp³-hybridized carbons (Fsp3) is 0.143. The Labute approximate surface area is 68.4 Å². The SMILES string of the molecule is Cc1cncc(C#N)c1[N+](=O)[O-]. The molecule has 0 N–H and O–H groups in total. The third-order valence-electron chi connectivity index (χ3n) is 1.40. The second kappa shape index (κ2) is 2.96. The van der Waals surface area contributed by atoms with Crippen LogP contribution in [-0.2, 0) is 0 Å². The monoisotopic (exact) mass is 163 g/mol. The summed E-state index contributed by atoms with van der Waals surface area (Å²) in [6.45, 7) is 1.55. The third kappa shape index (κ3) is 1.22. The summed E-state index contributed by atoms with van der Waals surface area (Å²) in [7, 11) is 0. The molecule has 0 atom stereocenters. The quantitative estimate of drug-likeness (QED) is 0.459. The zero-order valence-corrected chi connectivity index (χ0v) is 6.31. The fourth-order valence-electron chi connectivity index (χ4n) is 0.882. The minimum Gasteiger partial charge on any atom is -0.263 e. The molecule has 12 heavy (non-hydrogen) atoms. The van der Waals surface area contributed by atoms with E-state index < -0.39 is 4.92 Å². The van der Waals surface area contributed by atoms with Crippen LogP contribution in [-0.4, -0.2) is 9.91 Å². The molecule has 0 fully saturated rings. The lowest BCUT2D eigenvalue weighted by atomic mass is 10.2. The van der Waals surface area contributed by atoms with Gasteiger partial charge in [-0.25, -0.2) is 0 Å². The third-order valence-corrected chi connectivity index (χ3v) is 1.40. The lowest BCUT2D eigenvalue weighted by Crippen LogP contribution is -1.96. The number of rotatable bonds is 1. The van der Waals surface area contributed by atoms with E-state index in [0.717, 1.165) is 0 Å². The van der Waals surface area contributed by atoms with Crippen LogP contribution in [0.3, 0.4) is 0 Å². The molecule has 0 aliphatic carbocycles. The Hall–Kier alpha value is -1.96. The summed E-state index contributed by atoms with van der Waals surface area (Å²) in [6.07, 6.45) is 2.55. The highest BCUT2D eigenvalue weighted by molar-refractivity contribution is 5.51. The lowest BCUT2D eigenvalue weighted by Gasteiger charge is -1.95. The van der Waals surface area contributed by atoms with Gasteiger partial charge in [0.1, 0.15) is 11.6 Å². The molecule has 0 saturated heterocycles. The summed E-state index contributed by atoms with van der Waals surface area (Å²) < 4.78 is 0. The molecule has 0 aliphatic rings. The van der Waals surface area contributed by atoms with Gasteiger partial charge >= 0.3 is 0 Å². The van der Waals surface area contributed by atoms with Crippen molar-refractivity contribution < 1.29 is 4.92 Å². The van der Waals surface area contributed by atoms with Crippen LogP contribution in [0.15, 0.2) is 12.4 Å². The van der Waals surface area contributed by atoms with Gasteiger partial charge in [0.15, 0.2) is 0 Å². The van der Waals surface area contributed by atoms with Crippen LogP contribution in [0, 0.1) is 28.4 Å². The molecule has 0 aliphatic heterocycles. The van der Waals surface area contributed by atoms with Gasteiger partial charge in [0.2, 0.25) is 0 Å². The predicted molar refractivity (Wildman–Crippen MR) is 40.3 cm³/mol. The van der Waals surface area contributed by atoms with Crippen LogP contribution in [0.2, 0.25) is 0 Å². The minimum absolute atomic E-state index is 0.000000000000000222. The molecular weight excluding hydrogens is 158 g/mol. The van der Waals surface area contributed by atoms with Gasteiger partial charge in [0.05, 0.1) is 11.1 Å². The van der Waals surface area contributed by atoms with E-state index in [0.29, 0.717) is 5.56 Å². The van der Waals surface area contributed by atoms with Crippen molar-refractivity contribution >= 4 is 5.69 Å². The van der Waals surface area contributed by atoms with Crippen molar-refractivity contribution in [3.63, 3.8) is 0 Å². The Morgan fingerprint density at radius 1 is 1.67 bits per heavy atom. The fourth-order valence-corrected chi connectivity index (χ4v) is 0.882. The first kappa shape index (κ1) is 8.14. The standard InChI is InChI=1S/C7H5N3O2/c1-5-3-9-4-6(2-8)7(5)10(11)12/h3-4H,1H3. The Morgan fingerprint density at radius 3 is 2.75 bits per heavy atom. The highest BCUT2D eigenvalue weighted by Gasteiger charge is 2.16. The first-order chi connectivity index (χ1) is 5.66. The minimum atomic E-state index is -0.574. The van der Waals surface area contributed by atoms with Crippen molar-refractivity contribution in [2.75, 3.05) is 0 Å². The molecule has 1 aromatic rings. The second-order valence-corrected chi connectivity index (χ2v) is 2.22. The molecule has 5 nitrogen and oxygen atoms in total. The number of aromatic nitrogens is 1. The van der Waals surface area contributed by atoms with Crippen LogP contribution in [0.5, 0.6) is 0 Å². The van der Waals surface area contributed by atoms with Gasteiger partial charge in [-0.1, -0.05) is 0 Å². The maximum atomic E-state index is 10.4. The van der Waals surface area contributed by atoms with Gasteiger partial charge in [-0.3, -0.25) is 15.1 Å². The average molecular weight is 163 g/mol. The number of hydrogen-bond acceptors (Lipinski definition) is 4. The van der Waals surface area contributed by atoms with E-state index in [2.05, 4.69) is 4.98 Å². The molecule has 0 radical (unpaired) electrons. The number of hydrogen-bond donors (Lipinski definition) is 0. The Kier molecular flexibility index (Phi) is 2.01. The van der Waals surface area contributed by atoms with Crippen LogP contribution in [0.1, 0.15) is 11.1 Å². The smallest absolute Gasteiger partial charge is 0.263 e. The topological polar surface area (TPSA) is 79.8 Å². The van der Waals surface area contributed by atoms with Crippen molar-refractivity contribution in [3.8, 4) is 6.07 Å². The highest BCUT2D eigenvalue weighted by atomic mass is 16.6. The van der Waals surface area contributed by atoms with Gasteiger partial charge < -0.3 is 0 Å². The molecule has 5 heteroatoms. The average Bonchev–Trinajstić information content (AvgIpc) is 2.03. The largest absolute Gasteiger partial charge is 0.293 e. The summed E-state index contributed by atoms with van der Waals surface area (Å²) in [6, 6.07) is 1.71. The van der Waals surface area contributed by atoms with Crippen molar-refractivity contribution in [2.24, 2.45) is 0 Å². The number of aryl methyl sites for hydroxylation is 1. The van der Waals surface area contributed by atoms with Gasteiger partial charge in [-0.2, -0.15) is 5.26 Å². The summed E-state index contributed by atoms with van der Waals surface area (Å²) in [5.41, 5.74) is 0.242. The van der Waals surface area contributed by atoms with Gasteiger partial charge in [-0.05, 0) is 6.92 Å². The van der Waals surface area contributed by atoms with Crippen LogP contribution in [0.25, 0.3) is 0 Å². The molecule has 60 valence electrons. The normalized spacial score (nSPS) is 9.00. The first-order valence-electron chi connectivity index (χ1n) is 3.16. The van der Waals surface area contributed by atoms with Crippen LogP contribution >= 0.6 is 0 Å². The molecule has 0 saturated carbocycles. The molecule has 1 aromatic heterocycles. The van der Waals surface area contributed by atoms with Gasteiger partial charge in [0.25, 0.3) is 5.69 Å². The van der Waals surface area contributed by atoms with E-state index >= 15 is 0 Å². The Balaban J connectivity index is 3.42. The predicted octanol–water partition coefficient (Wildman–Crippen LogP) is 1.17. The van der Waals surface area contributed by atoms with E-state index in [1.807, 2.05) is 0 Å². The zero-order chi connectivity index (χ0) is 9.14. The molecular formula is C7H5N3O2. The first-order valence-corrected chi connectivity index (χ1v) is 3.16. The van der Waals surface area contributed by atoms with E-state index in [1.165, 1.54) is 12.4 Å². The van der Waals surface area contributed by atoms with Crippen LogP contribution < -0.4 is 0 Å². The van der Waals surface area contributed by atoms with Crippen molar-refractivity contribution in [1.29, 1.82) is 5.26 Å². The van der Waals surface area contributed by atoms with E-state index in [9.17, 15) is 10.1 Å². The maximum absolute atomic E-state index is 10.4. The Bertz CT molecular complexity index is 367. The van der Waals surface area contributed by atoms with E-state index in [1.54, 1.807) is 13.0 Å². The van der Waals surface area contributed by atoms with E-state index in [-0.39, 0.29) is 11.3 Å². The molecule has 0 bridgehead atoms. The second-order valence-electron chi connectivity index (χ2n) is 2.22. The number of nitro groups is 1. The van der Waals surface area contributed by atoms with Crippen molar-refractivity contribution in [2.45, 2.75) is 6.92 Å².